The Kier molecular flexibility index (Phi) is 13.8. The van der Waals surface area contributed by atoms with Crippen LogP contribution in [-0.4, -0.2) is 82.7 Å². The van der Waals surface area contributed by atoms with Crippen LogP contribution < -0.4 is 4.72 Å². The van der Waals surface area contributed by atoms with Crippen LogP contribution in [-0.2, 0) is 24.5 Å². The van der Waals surface area contributed by atoms with Crippen molar-refractivity contribution < 1.29 is 22.7 Å². The van der Waals surface area contributed by atoms with Crippen molar-refractivity contribution in [2.75, 3.05) is 46.9 Å². The molecular formula is C21H43N3O5S. The number of hydrogen-bond acceptors (Lipinski definition) is 6. The Labute approximate surface area is 183 Å². The predicted molar refractivity (Wildman–Crippen MR) is 120 cm³/mol. The number of nitrogens with zero attached hydrogens (tertiary/aromatic N) is 2. The third-order valence-electron chi connectivity index (χ3n) is 5.64. The van der Waals surface area contributed by atoms with E-state index in [2.05, 4.69) is 23.6 Å². The molecule has 0 aromatic heterocycles. The summed E-state index contributed by atoms with van der Waals surface area (Å²) in [5.41, 5.74) is 0. The standard InChI is InChI=1S/C21H43N3O5S/c1-5-7-8-15-23(4)16-9-10-17-29-20-13-11-19(12-14-20)24(30(26,27)22-3)18-21(25)28-6-2/h19-20,22H,5-18H2,1-4H3/t19-,20-. The van der Waals surface area contributed by atoms with Crippen molar-refractivity contribution in [3.8, 4) is 0 Å². The molecule has 0 aromatic carbocycles. The van der Waals surface area contributed by atoms with Crippen LogP contribution in [0.3, 0.4) is 0 Å². The Morgan fingerprint density at radius 3 is 2.23 bits per heavy atom. The lowest BCUT2D eigenvalue weighted by molar-refractivity contribution is -0.143. The average molecular weight is 450 g/mol. The van der Waals surface area contributed by atoms with Crippen molar-refractivity contribution in [1.29, 1.82) is 0 Å². The average Bonchev–Trinajstić information content (AvgIpc) is 2.72. The fourth-order valence-corrected chi connectivity index (χ4v) is 4.95. The minimum Gasteiger partial charge on any atom is -0.465 e. The first-order chi connectivity index (χ1) is 14.3. The van der Waals surface area contributed by atoms with E-state index >= 15 is 0 Å². The number of hydrogen-bond donors (Lipinski definition) is 1. The van der Waals surface area contributed by atoms with Gasteiger partial charge in [-0.3, -0.25) is 4.79 Å². The summed E-state index contributed by atoms with van der Waals surface area (Å²) in [6.45, 7) is 6.94. The Balaban J connectivity index is 2.32. The fourth-order valence-electron chi connectivity index (χ4n) is 3.84. The van der Waals surface area contributed by atoms with Gasteiger partial charge in [-0.25, -0.2) is 4.72 Å². The molecule has 0 radical (unpaired) electrons. The van der Waals surface area contributed by atoms with Crippen LogP contribution in [0.2, 0.25) is 0 Å². The van der Waals surface area contributed by atoms with Gasteiger partial charge in [-0.1, -0.05) is 19.8 Å². The van der Waals surface area contributed by atoms with E-state index in [0.29, 0.717) is 12.8 Å². The molecule has 1 fully saturated rings. The van der Waals surface area contributed by atoms with Gasteiger partial charge in [0.25, 0.3) is 10.2 Å². The number of unbranched alkanes of at least 4 members (excludes halogenated alkanes) is 3. The highest BCUT2D eigenvalue weighted by Gasteiger charge is 2.34. The van der Waals surface area contributed by atoms with Gasteiger partial charge in [0.2, 0.25) is 0 Å². The second-order valence-corrected chi connectivity index (χ2v) is 9.91. The number of carbonyl (C=O) groups is 1. The van der Waals surface area contributed by atoms with Gasteiger partial charge in [0.15, 0.2) is 0 Å². The Hall–Kier alpha value is -0.740. The molecule has 178 valence electrons. The first-order valence-electron chi connectivity index (χ1n) is 11.5. The van der Waals surface area contributed by atoms with Crippen molar-refractivity contribution in [2.45, 2.75) is 83.8 Å². The maximum absolute atomic E-state index is 12.4. The molecule has 0 heterocycles. The van der Waals surface area contributed by atoms with Crippen LogP contribution in [0.1, 0.15) is 71.6 Å². The molecule has 9 heteroatoms. The Morgan fingerprint density at radius 2 is 1.67 bits per heavy atom. The summed E-state index contributed by atoms with van der Waals surface area (Å²) in [4.78, 5) is 14.3. The largest absolute Gasteiger partial charge is 0.465 e. The van der Waals surface area contributed by atoms with Crippen LogP contribution in [0.4, 0.5) is 0 Å². The number of rotatable bonds is 16. The zero-order chi connectivity index (χ0) is 22.4. The van der Waals surface area contributed by atoms with E-state index in [9.17, 15) is 13.2 Å². The molecule has 0 aromatic rings. The van der Waals surface area contributed by atoms with Crippen LogP contribution in [0.15, 0.2) is 0 Å². The molecule has 0 bridgehead atoms. The van der Waals surface area contributed by atoms with Gasteiger partial charge in [-0.2, -0.15) is 12.7 Å². The van der Waals surface area contributed by atoms with Crippen LogP contribution in [0, 0.1) is 0 Å². The number of ether oxygens (including phenoxy) is 2. The smallest absolute Gasteiger partial charge is 0.321 e. The quantitative estimate of drug-likeness (QED) is 0.288. The van der Waals surface area contributed by atoms with E-state index in [1.54, 1.807) is 6.92 Å². The summed E-state index contributed by atoms with van der Waals surface area (Å²) < 4.78 is 39.3. The third kappa shape index (κ3) is 10.5. The number of esters is 1. The van der Waals surface area contributed by atoms with Gasteiger partial charge in [0.05, 0.1) is 12.7 Å². The van der Waals surface area contributed by atoms with Crippen molar-refractivity contribution in [3.05, 3.63) is 0 Å². The van der Waals surface area contributed by atoms with Gasteiger partial charge >= 0.3 is 5.97 Å². The van der Waals surface area contributed by atoms with E-state index in [-0.39, 0.29) is 25.3 Å². The lowest BCUT2D eigenvalue weighted by atomic mass is 9.93. The highest BCUT2D eigenvalue weighted by molar-refractivity contribution is 7.87. The molecular weight excluding hydrogens is 406 g/mol. The molecule has 0 atom stereocenters. The van der Waals surface area contributed by atoms with Gasteiger partial charge < -0.3 is 14.4 Å². The SMILES string of the molecule is CCCCCN(C)CCCCO[C@H]1CC[C@H](N(CC(=O)OCC)S(=O)(=O)NC)CC1. The first kappa shape index (κ1) is 27.3. The molecule has 1 aliphatic carbocycles. The summed E-state index contributed by atoms with van der Waals surface area (Å²) in [7, 11) is -0.151. The molecule has 30 heavy (non-hydrogen) atoms. The predicted octanol–water partition coefficient (Wildman–Crippen LogP) is 2.55. The van der Waals surface area contributed by atoms with Gasteiger partial charge in [-0.15, -0.1) is 0 Å². The van der Waals surface area contributed by atoms with E-state index in [1.165, 1.54) is 30.6 Å². The summed E-state index contributed by atoms with van der Waals surface area (Å²) >= 11 is 0. The summed E-state index contributed by atoms with van der Waals surface area (Å²) in [5, 5.41) is 0. The van der Waals surface area contributed by atoms with Crippen LogP contribution in [0.5, 0.6) is 0 Å². The normalized spacial score (nSPS) is 20.1. The molecule has 0 unspecified atom stereocenters. The van der Waals surface area contributed by atoms with Crippen molar-refractivity contribution in [3.63, 3.8) is 0 Å². The van der Waals surface area contributed by atoms with Crippen molar-refractivity contribution >= 4 is 16.2 Å². The minimum absolute atomic E-state index is 0.172. The van der Waals surface area contributed by atoms with Gasteiger partial charge in [-0.05, 0) is 72.0 Å². The number of carbonyl (C=O) groups excluding carboxylic acids is 1. The molecule has 0 saturated heterocycles. The second-order valence-electron chi connectivity index (χ2n) is 8.08. The second kappa shape index (κ2) is 15.1. The molecule has 1 rings (SSSR count). The zero-order valence-electron chi connectivity index (χ0n) is 19.4. The van der Waals surface area contributed by atoms with Gasteiger partial charge in [0.1, 0.15) is 6.54 Å². The van der Waals surface area contributed by atoms with E-state index in [0.717, 1.165) is 45.4 Å². The lowest BCUT2D eigenvalue weighted by Crippen LogP contribution is -2.49. The molecule has 0 aliphatic heterocycles. The van der Waals surface area contributed by atoms with Gasteiger partial charge in [0, 0.05) is 19.7 Å². The van der Waals surface area contributed by atoms with Crippen molar-refractivity contribution in [1.82, 2.24) is 13.9 Å². The molecule has 1 saturated carbocycles. The first-order valence-corrected chi connectivity index (χ1v) is 12.9. The maximum atomic E-state index is 12.4. The molecule has 0 spiro atoms. The highest BCUT2D eigenvalue weighted by Crippen LogP contribution is 2.26. The van der Waals surface area contributed by atoms with Crippen molar-refractivity contribution in [2.24, 2.45) is 0 Å². The van der Waals surface area contributed by atoms with E-state index in [1.807, 2.05) is 0 Å². The fraction of sp³-hybridized carbons (Fsp3) is 0.952. The molecule has 1 N–H and O–H groups in total. The lowest BCUT2D eigenvalue weighted by Gasteiger charge is -2.35. The highest BCUT2D eigenvalue weighted by atomic mass is 32.2. The molecule has 0 amide bonds. The Morgan fingerprint density at radius 1 is 1.03 bits per heavy atom. The topological polar surface area (TPSA) is 88.2 Å². The molecule has 1 aliphatic rings. The number of nitrogens with one attached hydrogen (secondary N) is 1. The maximum Gasteiger partial charge on any atom is 0.321 e. The van der Waals surface area contributed by atoms with Crippen LogP contribution in [0.25, 0.3) is 0 Å². The van der Waals surface area contributed by atoms with E-state index in [4.69, 9.17) is 9.47 Å². The Bertz CT molecular complexity index is 565. The summed E-state index contributed by atoms with van der Waals surface area (Å²) in [6, 6.07) is -0.205. The summed E-state index contributed by atoms with van der Waals surface area (Å²) in [6.07, 6.45) is 9.14. The van der Waals surface area contributed by atoms with E-state index < -0.39 is 16.2 Å². The van der Waals surface area contributed by atoms with Crippen LogP contribution >= 0.6 is 0 Å². The zero-order valence-corrected chi connectivity index (χ0v) is 20.2. The third-order valence-corrected chi connectivity index (χ3v) is 7.20. The summed E-state index contributed by atoms with van der Waals surface area (Å²) in [5.74, 6) is -0.519. The molecule has 8 nitrogen and oxygen atoms in total. The minimum atomic E-state index is -3.69. The monoisotopic (exact) mass is 449 g/mol.